The quantitative estimate of drug-likeness (QED) is 0.601. The Labute approximate surface area is 204 Å². The van der Waals surface area contributed by atoms with Crippen LogP contribution in [0.25, 0.3) is 0 Å². The van der Waals surface area contributed by atoms with Crippen LogP contribution < -0.4 is 10.2 Å². The van der Waals surface area contributed by atoms with Crippen molar-refractivity contribution in [2.45, 2.75) is 37.3 Å². The first-order valence-corrected chi connectivity index (χ1v) is 11.4. The van der Waals surface area contributed by atoms with Crippen molar-refractivity contribution in [1.29, 1.82) is 0 Å². The van der Waals surface area contributed by atoms with Crippen LogP contribution >= 0.6 is 11.6 Å². The molecule has 2 aromatic carbocycles. The van der Waals surface area contributed by atoms with E-state index in [-0.39, 0.29) is 35.8 Å². The van der Waals surface area contributed by atoms with Gasteiger partial charge in [-0.25, -0.2) is 18.0 Å². The number of hydrogen-bond donors (Lipinski definition) is 2. The second-order valence-corrected chi connectivity index (χ2v) is 9.20. The molecule has 3 amide bonds. The molecule has 1 saturated heterocycles. The lowest BCUT2D eigenvalue weighted by atomic mass is 9.87. The molecule has 1 heterocycles. The van der Waals surface area contributed by atoms with Crippen LogP contribution in [0.5, 0.6) is 0 Å². The normalized spacial score (nSPS) is 20.1. The van der Waals surface area contributed by atoms with Gasteiger partial charge in [0.25, 0.3) is 5.92 Å². The molecule has 186 valence electrons. The first-order chi connectivity index (χ1) is 16.6. The lowest BCUT2D eigenvalue weighted by Gasteiger charge is -2.38. The Bertz CT molecular complexity index is 1140. The molecular weight excluding hydrogens is 487 g/mol. The molecule has 7 nitrogen and oxygen atoms in total. The zero-order chi connectivity index (χ0) is 25.3. The van der Waals surface area contributed by atoms with Crippen LogP contribution in [0.4, 0.5) is 23.7 Å². The molecule has 4 rings (SSSR count). The molecule has 1 saturated carbocycles. The Morgan fingerprint density at radius 1 is 1.14 bits per heavy atom. The minimum absolute atomic E-state index is 0.0581. The average Bonchev–Trinajstić information content (AvgIpc) is 3.27. The fourth-order valence-corrected chi connectivity index (χ4v) is 4.74. The summed E-state index contributed by atoms with van der Waals surface area (Å²) >= 11 is 6.39. The summed E-state index contributed by atoms with van der Waals surface area (Å²) in [5, 5.41) is 12.0. The minimum Gasteiger partial charge on any atom is -0.465 e. The van der Waals surface area contributed by atoms with Crippen molar-refractivity contribution >= 4 is 35.2 Å². The number of carbonyl (C=O) groups excluding carboxylic acids is 2. The average molecular weight is 510 g/mol. The first kappa shape index (κ1) is 24.8. The highest BCUT2D eigenvalue weighted by Gasteiger charge is 2.47. The van der Waals surface area contributed by atoms with E-state index in [4.69, 9.17) is 11.6 Å². The van der Waals surface area contributed by atoms with Crippen molar-refractivity contribution < 1.29 is 32.7 Å². The van der Waals surface area contributed by atoms with Crippen LogP contribution in [0.1, 0.15) is 30.9 Å². The van der Waals surface area contributed by atoms with Gasteiger partial charge in [-0.3, -0.25) is 14.5 Å². The standard InChI is InChI=1S/C24H23ClF3N3O4/c25-19-7-2-1-6-18(19)20(21(32)29-16-11-24(27,28)12-16)31(17-5-3-4-15(26)10-17)22(33)14-8-9-30(13-14)23(34)35/h1-7,10,14,16,20H,8-9,11-13H2,(H,29,32)(H,34,35)/t14-,20?/m0/s1. The second-order valence-electron chi connectivity index (χ2n) is 8.80. The number of carboxylic acid groups (broad SMARTS) is 1. The van der Waals surface area contributed by atoms with Gasteiger partial charge in [0, 0.05) is 48.2 Å². The molecule has 2 atom stereocenters. The predicted molar refractivity (Wildman–Crippen MR) is 122 cm³/mol. The van der Waals surface area contributed by atoms with Gasteiger partial charge in [-0.2, -0.15) is 0 Å². The molecule has 2 aliphatic rings. The number of benzene rings is 2. The number of nitrogens with zero attached hydrogens (tertiary/aromatic N) is 2. The molecule has 0 aromatic heterocycles. The Balaban J connectivity index is 1.75. The fraction of sp³-hybridized carbons (Fsp3) is 0.375. The molecule has 1 unspecified atom stereocenters. The summed E-state index contributed by atoms with van der Waals surface area (Å²) in [5.74, 6) is -5.67. The number of rotatable bonds is 6. The molecule has 1 aliphatic heterocycles. The van der Waals surface area contributed by atoms with Crippen LogP contribution in [0.15, 0.2) is 48.5 Å². The Kier molecular flexibility index (Phi) is 6.93. The largest absolute Gasteiger partial charge is 0.465 e. The Hall–Kier alpha value is -3.27. The maximum Gasteiger partial charge on any atom is 0.407 e. The third-order valence-electron chi connectivity index (χ3n) is 6.27. The van der Waals surface area contributed by atoms with Crippen molar-refractivity contribution in [2.24, 2.45) is 5.92 Å². The van der Waals surface area contributed by atoms with Gasteiger partial charge in [0.15, 0.2) is 0 Å². The highest BCUT2D eigenvalue weighted by molar-refractivity contribution is 6.31. The number of amides is 3. The van der Waals surface area contributed by atoms with Crippen LogP contribution in [-0.4, -0.2) is 53.0 Å². The summed E-state index contributed by atoms with van der Waals surface area (Å²) in [4.78, 5) is 40.8. The monoisotopic (exact) mass is 509 g/mol. The fourth-order valence-electron chi connectivity index (χ4n) is 4.50. The molecule has 1 aliphatic carbocycles. The number of hydrogen-bond acceptors (Lipinski definition) is 3. The SMILES string of the molecule is O=C(NC1CC(F)(F)C1)C(c1ccccc1Cl)N(C(=O)[C@H]1CCN(C(=O)O)C1)c1cccc(F)c1. The van der Waals surface area contributed by atoms with Gasteiger partial charge < -0.3 is 15.3 Å². The van der Waals surface area contributed by atoms with Gasteiger partial charge >= 0.3 is 6.09 Å². The molecular formula is C24H23ClF3N3O4. The van der Waals surface area contributed by atoms with E-state index in [2.05, 4.69) is 5.32 Å². The highest BCUT2D eigenvalue weighted by Crippen LogP contribution is 2.39. The molecule has 0 radical (unpaired) electrons. The van der Waals surface area contributed by atoms with E-state index < -0.39 is 60.5 Å². The Morgan fingerprint density at radius 3 is 2.46 bits per heavy atom. The number of anilines is 1. The molecule has 11 heteroatoms. The van der Waals surface area contributed by atoms with Crippen LogP contribution in [0, 0.1) is 11.7 Å². The summed E-state index contributed by atoms with van der Waals surface area (Å²) in [6.45, 7) is 0.0362. The maximum absolute atomic E-state index is 14.2. The van der Waals surface area contributed by atoms with Crippen molar-refractivity contribution in [1.82, 2.24) is 10.2 Å². The first-order valence-electron chi connectivity index (χ1n) is 11.0. The van der Waals surface area contributed by atoms with E-state index in [0.29, 0.717) is 0 Å². The lowest BCUT2D eigenvalue weighted by molar-refractivity contribution is -0.133. The zero-order valence-corrected chi connectivity index (χ0v) is 19.2. The van der Waals surface area contributed by atoms with Crippen LogP contribution in [0.3, 0.4) is 0 Å². The molecule has 2 aromatic rings. The van der Waals surface area contributed by atoms with Crippen molar-refractivity contribution in [3.8, 4) is 0 Å². The highest BCUT2D eigenvalue weighted by atomic mass is 35.5. The minimum atomic E-state index is -2.87. The number of halogens is 4. The number of alkyl halides is 2. The van der Waals surface area contributed by atoms with Gasteiger partial charge in [0.2, 0.25) is 11.8 Å². The summed E-state index contributed by atoms with van der Waals surface area (Å²) < 4.78 is 41.0. The Morgan fingerprint density at radius 2 is 1.86 bits per heavy atom. The lowest BCUT2D eigenvalue weighted by Crippen LogP contribution is -2.54. The molecule has 0 bridgehead atoms. The van der Waals surface area contributed by atoms with E-state index in [1.165, 1.54) is 30.3 Å². The molecule has 35 heavy (non-hydrogen) atoms. The molecule has 0 spiro atoms. The van der Waals surface area contributed by atoms with Gasteiger partial charge in [0.1, 0.15) is 11.9 Å². The molecule has 2 N–H and O–H groups in total. The van der Waals surface area contributed by atoms with Crippen LogP contribution in [-0.2, 0) is 9.59 Å². The van der Waals surface area contributed by atoms with Crippen molar-refractivity contribution in [3.63, 3.8) is 0 Å². The van der Waals surface area contributed by atoms with E-state index in [0.717, 1.165) is 15.9 Å². The van der Waals surface area contributed by atoms with Crippen molar-refractivity contribution in [3.05, 3.63) is 64.9 Å². The van der Waals surface area contributed by atoms with Gasteiger partial charge in [0.05, 0.1) is 5.92 Å². The van der Waals surface area contributed by atoms with Gasteiger partial charge in [-0.15, -0.1) is 0 Å². The van der Waals surface area contributed by atoms with Gasteiger partial charge in [-0.05, 0) is 30.7 Å². The third-order valence-corrected chi connectivity index (χ3v) is 6.62. The van der Waals surface area contributed by atoms with E-state index >= 15 is 0 Å². The van der Waals surface area contributed by atoms with Gasteiger partial charge in [-0.1, -0.05) is 35.9 Å². The van der Waals surface area contributed by atoms with E-state index in [9.17, 15) is 32.7 Å². The third kappa shape index (κ3) is 5.37. The van der Waals surface area contributed by atoms with Crippen LogP contribution in [0.2, 0.25) is 5.02 Å². The number of nitrogens with one attached hydrogen (secondary N) is 1. The van der Waals surface area contributed by atoms with E-state index in [1.54, 1.807) is 12.1 Å². The number of carbonyl (C=O) groups is 3. The molecule has 2 fully saturated rings. The number of likely N-dealkylation sites (tertiary alicyclic amines) is 1. The zero-order valence-electron chi connectivity index (χ0n) is 18.5. The smallest absolute Gasteiger partial charge is 0.407 e. The summed E-state index contributed by atoms with van der Waals surface area (Å²) in [7, 11) is 0. The maximum atomic E-state index is 14.2. The summed E-state index contributed by atoms with van der Waals surface area (Å²) in [6, 6.07) is 9.16. The predicted octanol–water partition coefficient (Wildman–Crippen LogP) is 4.47. The summed E-state index contributed by atoms with van der Waals surface area (Å²) in [6.07, 6.45) is -2.03. The van der Waals surface area contributed by atoms with Crippen molar-refractivity contribution in [2.75, 3.05) is 18.0 Å². The summed E-state index contributed by atoms with van der Waals surface area (Å²) in [5.41, 5.74) is 0.284. The second kappa shape index (κ2) is 9.77. The van der Waals surface area contributed by atoms with E-state index in [1.807, 2.05) is 0 Å². The topological polar surface area (TPSA) is 90.0 Å².